The van der Waals surface area contributed by atoms with Crippen molar-refractivity contribution in [3.8, 4) is 0 Å². The summed E-state index contributed by atoms with van der Waals surface area (Å²) in [5, 5.41) is 1.22. The van der Waals surface area contributed by atoms with Crippen molar-refractivity contribution in [2.75, 3.05) is 12.0 Å². The molecule has 72 valence electrons. The summed E-state index contributed by atoms with van der Waals surface area (Å²) in [7, 11) is 0. The number of hydrogen-bond acceptors (Lipinski definition) is 5. The summed E-state index contributed by atoms with van der Waals surface area (Å²) in [6.45, 7) is 0. The molecule has 2 heterocycles. The lowest BCUT2D eigenvalue weighted by Crippen LogP contribution is -2.06. The van der Waals surface area contributed by atoms with E-state index in [4.69, 9.17) is 5.73 Å². The minimum absolute atomic E-state index is 0.192. The number of anilines is 1. The Bertz CT molecular complexity index is 536. The van der Waals surface area contributed by atoms with Crippen molar-refractivity contribution >= 4 is 28.6 Å². The van der Waals surface area contributed by atoms with Crippen LogP contribution < -0.4 is 11.3 Å². The molecule has 0 radical (unpaired) electrons. The molecule has 0 aromatic carbocycles. The molecule has 0 saturated carbocycles. The molecule has 0 amide bonds. The highest BCUT2D eigenvalue weighted by Crippen LogP contribution is 2.17. The summed E-state index contributed by atoms with van der Waals surface area (Å²) in [6, 6.07) is 3.02. The van der Waals surface area contributed by atoms with Crippen LogP contribution in [0.2, 0.25) is 0 Å². The van der Waals surface area contributed by atoms with Crippen LogP contribution in [-0.4, -0.2) is 21.2 Å². The van der Waals surface area contributed by atoms with Crippen LogP contribution in [-0.2, 0) is 0 Å². The SMILES string of the molecule is CSc1nc(N)c2ccc(=O)[nH]c2n1. The Labute approximate surface area is 83.8 Å². The van der Waals surface area contributed by atoms with Crippen LogP contribution in [0.3, 0.4) is 0 Å². The van der Waals surface area contributed by atoms with Crippen molar-refractivity contribution in [3.05, 3.63) is 22.5 Å². The summed E-state index contributed by atoms with van der Waals surface area (Å²) in [5.41, 5.74) is 5.99. The van der Waals surface area contributed by atoms with E-state index in [0.29, 0.717) is 22.0 Å². The first kappa shape index (κ1) is 9.01. The fourth-order valence-corrected chi connectivity index (χ4v) is 1.51. The second-order valence-corrected chi connectivity index (χ2v) is 3.45. The summed E-state index contributed by atoms with van der Waals surface area (Å²) in [4.78, 5) is 21.8. The van der Waals surface area contributed by atoms with Crippen LogP contribution in [0.4, 0.5) is 5.82 Å². The smallest absolute Gasteiger partial charge is 0.249 e. The minimum Gasteiger partial charge on any atom is -0.383 e. The zero-order valence-electron chi connectivity index (χ0n) is 7.44. The molecular weight excluding hydrogens is 200 g/mol. The second kappa shape index (κ2) is 3.30. The molecule has 0 bridgehead atoms. The third kappa shape index (κ3) is 1.44. The van der Waals surface area contributed by atoms with Gasteiger partial charge in [0.05, 0.1) is 5.39 Å². The van der Waals surface area contributed by atoms with Crippen molar-refractivity contribution in [2.24, 2.45) is 0 Å². The number of aromatic amines is 1. The van der Waals surface area contributed by atoms with Gasteiger partial charge in [0, 0.05) is 6.07 Å². The number of hydrogen-bond donors (Lipinski definition) is 2. The van der Waals surface area contributed by atoms with Crippen LogP contribution in [0.1, 0.15) is 0 Å². The van der Waals surface area contributed by atoms with Crippen molar-refractivity contribution in [1.82, 2.24) is 15.0 Å². The van der Waals surface area contributed by atoms with Gasteiger partial charge in [-0.05, 0) is 12.3 Å². The quantitative estimate of drug-likeness (QED) is 0.530. The van der Waals surface area contributed by atoms with Gasteiger partial charge in [0.1, 0.15) is 11.5 Å². The van der Waals surface area contributed by atoms with Gasteiger partial charge in [-0.25, -0.2) is 9.97 Å². The molecule has 2 rings (SSSR count). The molecule has 2 aromatic rings. The molecule has 2 aromatic heterocycles. The Morgan fingerprint density at radius 3 is 2.93 bits per heavy atom. The van der Waals surface area contributed by atoms with Gasteiger partial charge >= 0.3 is 0 Å². The van der Waals surface area contributed by atoms with Gasteiger partial charge in [-0.15, -0.1) is 0 Å². The molecule has 0 unspecified atom stereocenters. The highest BCUT2D eigenvalue weighted by molar-refractivity contribution is 7.98. The lowest BCUT2D eigenvalue weighted by Gasteiger charge is -2.01. The van der Waals surface area contributed by atoms with Crippen LogP contribution in [0.5, 0.6) is 0 Å². The molecule has 0 aliphatic rings. The maximum absolute atomic E-state index is 11.0. The second-order valence-electron chi connectivity index (χ2n) is 2.68. The standard InChI is InChI=1S/C8H8N4OS/c1-14-8-11-6(9)4-2-3-5(13)10-7(4)12-8/h2-3H,1H3,(H3,9,10,11,12,13). The molecule has 0 aliphatic heterocycles. The fourth-order valence-electron chi connectivity index (χ4n) is 1.13. The normalized spacial score (nSPS) is 10.6. The number of H-pyrrole nitrogens is 1. The third-order valence-electron chi connectivity index (χ3n) is 1.78. The maximum atomic E-state index is 11.0. The van der Waals surface area contributed by atoms with E-state index >= 15 is 0 Å². The van der Waals surface area contributed by atoms with Gasteiger partial charge in [-0.3, -0.25) is 4.79 Å². The summed E-state index contributed by atoms with van der Waals surface area (Å²) >= 11 is 1.38. The average molecular weight is 208 g/mol. The average Bonchev–Trinajstić information content (AvgIpc) is 2.16. The number of rotatable bonds is 1. The zero-order chi connectivity index (χ0) is 10.1. The van der Waals surface area contributed by atoms with Crippen molar-refractivity contribution in [3.63, 3.8) is 0 Å². The largest absolute Gasteiger partial charge is 0.383 e. The molecule has 0 saturated heterocycles. The Morgan fingerprint density at radius 2 is 2.21 bits per heavy atom. The molecule has 0 aliphatic carbocycles. The van der Waals surface area contributed by atoms with E-state index in [1.807, 2.05) is 6.26 Å². The number of pyridine rings is 1. The van der Waals surface area contributed by atoms with Gasteiger partial charge < -0.3 is 10.7 Å². The Kier molecular flexibility index (Phi) is 2.12. The van der Waals surface area contributed by atoms with E-state index in [1.165, 1.54) is 17.8 Å². The van der Waals surface area contributed by atoms with Gasteiger partial charge in [0.25, 0.3) is 0 Å². The Hall–Kier alpha value is -1.56. The zero-order valence-corrected chi connectivity index (χ0v) is 8.26. The number of nitrogens with zero attached hydrogens (tertiary/aromatic N) is 2. The summed E-state index contributed by atoms with van der Waals surface area (Å²) in [6.07, 6.45) is 1.85. The molecule has 0 atom stereocenters. The van der Waals surface area contributed by atoms with Crippen molar-refractivity contribution in [1.29, 1.82) is 0 Å². The van der Waals surface area contributed by atoms with Gasteiger partial charge in [0.15, 0.2) is 5.16 Å². The van der Waals surface area contributed by atoms with E-state index in [1.54, 1.807) is 6.07 Å². The molecule has 14 heavy (non-hydrogen) atoms. The maximum Gasteiger partial charge on any atom is 0.249 e. The number of nitrogens with two attached hydrogens (primary N) is 1. The van der Waals surface area contributed by atoms with E-state index < -0.39 is 0 Å². The minimum atomic E-state index is -0.192. The predicted octanol–water partition coefficient (Wildman–Crippen LogP) is 0.622. The van der Waals surface area contributed by atoms with Crippen LogP contribution in [0.15, 0.2) is 22.1 Å². The van der Waals surface area contributed by atoms with Crippen LogP contribution in [0, 0.1) is 0 Å². The van der Waals surface area contributed by atoms with Crippen molar-refractivity contribution in [2.45, 2.75) is 5.16 Å². The van der Waals surface area contributed by atoms with Crippen LogP contribution in [0.25, 0.3) is 11.0 Å². The van der Waals surface area contributed by atoms with E-state index in [9.17, 15) is 4.79 Å². The highest BCUT2D eigenvalue weighted by atomic mass is 32.2. The lowest BCUT2D eigenvalue weighted by atomic mass is 10.3. The summed E-state index contributed by atoms with van der Waals surface area (Å²) < 4.78 is 0. The Morgan fingerprint density at radius 1 is 1.43 bits per heavy atom. The molecule has 6 heteroatoms. The predicted molar refractivity (Wildman–Crippen MR) is 56.4 cm³/mol. The molecule has 0 spiro atoms. The number of fused-ring (bicyclic) bond motifs is 1. The number of nitrogens with one attached hydrogen (secondary N) is 1. The van der Waals surface area contributed by atoms with E-state index in [-0.39, 0.29) is 5.56 Å². The van der Waals surface area contributed by atoms with Crippen molar-refractivity contribution < 1.29 is 0 Å². The molecule has 3 N–H and O–H groups in total. The fraction of sp³-hybridized carbons (Fsp3) is 0.125. The summed E-state index contributed by atoms with van der Waals surface area (Å²) in [5.74, 6) is 0.385. The van der Waals surface area contributed by atoms with Crippen LogP contribution >= 0.6 is 11.8 Å². The third-order valence-corrected chi connectivity index (χ3v) is 2.33. The monoisotopic (exact) mass is 208 g/mol. The number of thioether (sulfide) groups is 1. The van der Waals surface area contributed by atoms with Gasteiger partial charge in [-0.2, -0.15) is 0 Å². The molecule has 5 nitrogen and oxygen atoms in total. The van der Waals surface area contributed by atoms with Gasteiger partial charge in [0.2, 0.25) is 5.56 Å². The van der Waals surface area contributed by atoms with Gasteiger partial charge in [-0.1, -0.05) is 11.8 Å². The topological polar surface area (TPSA) is 84.7 Å². The molecular formula is C8H8N4OS. The lowest BCUT2D eigenvalue weighted by molar-refractivity contribution is 0.995. The number of aromatic nitrogens is 3. The van der Waals surface area contributed by atoms with E-state index in [2.05, 4.69) is 15.0 Å². The van der Waals surface area contributed by atoms with E-state index in [0.717, 1.165) is 0 Å². The first-order valence-corrected chi connectivity index (χ1v) is 5.14. The first-order valence-electron chi connectivity index (χ1n) is 3.91. The highest BCUT2D eigenvalue weighted by Gasteiger charge is 2.04. The molecule has 0 fully saturated rings. The number of nitrogen functional groups attached to an aromatic ring is 1. The first-order chi connectivity index (χ1) is 6.70. The Balaban J connectivity index is 2.83.